The predicted octanol–water partition coefficient (Wildman–Crippen LogP) is 2.83. The average molecular weight is 435 g/mol. The van der Waals surface area contributed by atoms with Crippen LogP contribution in [0, 0.1) is 0 Å². The van der Waals surface area contributed by atoms with Gasteiger partial charge in [-0.2, -0.15) is 0 Å². The van der Waals surface area contributed by atoms with Crippen molar-refractivity contribution in [2.24, 2.45) is 0 Å². The fourth-order valence-corrected chi connectivity index (χ4v) is 3.61. The van der Waals surface area contributed by atoms with Crippen molar-refractivity contribution >= 4 is 27.5 Å². The van der Waals surface area contributed by atoms with Gasteiger partial charge in [-0.15, -0.1) is 0 Å². The van der Waals surface area contributed by atoms with Crippen LogP contribution < -0.4 is 10.2 Å². The van der Waals surface area contributed by atoms with E-state index in [2.05, 4.69) is 67.3 Å². The second-order valence-electron chi connectivity index (χ2n) is 7.15. The van der Waals surface area contributed by atoms with Crippen LogP contribution in [0.3, 0.4) is 0 Å². The van der Waals surface area contributed by atoms with Crippen molar-refractivity contribution in [3.05, 3.63) is 52.4 Å². The zero-order valence-electron chi connectivity index (χ0n) is 16.1. The van der Waals surface area contributed by atoms with E-state index in [-0.39, 0.29) is 11.9 Å². The largest absolute Gasteiger partial charge is 0.444 e. The van der Waals surface area contributed by atoms with Gasteiger partial charge in [-0.1, -0.05) is 12.1 Å². The molecule has 3 rings (SSSR count). The van der Waals surface area contributed by atoms with Crippen LogP contribution in [0.25, 0.3) is 0 Å². The number of anilines is 1. The molecule has 1 aliphatic heterocycles. The van der Waals surface area contributed by atoms with Gasteiger partial charge in [0.25, 0.3) is 5.91 Å². The van der Waals surface area contributed by atoms with Crippen LogP contribution in [0.15, 0.2) is 45.5 Å². The number of nitrogens with zero attached hydrogens (tertiary/aromatic N) is 3. The molecule has 1 aromatic heterocycles. The summed E-state index contributed by atoms with van der Waals surface area (Å²) in [6, 6.07) is 12.1. The highest BCUT2D eigenvalue weighted by Gasteiger charge is 2.25. The molecule has 7 heteroatoms. The minimum atomic E-state index is -0.190. The number of halogens is 1. The highest BCUT2D eigenvalue weighted by atomic mass is 79.9. The summed E-state index contributed by atoms with van der Waals surface area (Å²) < 4.78 is 5.92. The van der Waals surface area contributed by atoms with E-state index in [9.17, 15) is 4.79 Å². The minimum absolute atomic E-state index is 0.136. The summed E-state index contributed by atoms with van der Waals surface area (Å²) in [6.45, 7) is 4.58. The zero-order valence-corrected chi connectivity index (χ0v) is 17.7. The van der Waals surface area contributed by atoms with Crippen LogP contribution in [0.5, 0.6) is 0 Å². The molecule has 0 bridgehead atoms. The van der Waals surface area contributed by atoms with E-state index in [1.807, 2.05) is 14.1 Å². The van der Waals surface area contributed by atoms with E-state index in [1.54, 1.807) is 12.1 Å². The summed E-state index contributed by atoms with van der Waals surface area (Å²) >= 11 is 3.24. The number of nitrogens with one attached hydrogen (secondary N) is 1. The van der Waals surface area contributed by atoms with Gasteiger partial charge in [0.15, 0.2) is 10.4 Å². The lowest BCUT2D eigenvalue weighted by Crippen LogP contribution is -2.48. The number of furan rings is 1. The smallest absolute Gasteiger partial charge is 0.287 e. The monoisotopic (exact) mass is 434 g/mol. The molecule has 2 aromatic rings. The lowest BCUT2D eigenvalue weighted by molar-refractivity contribution is 0.0862. The number of carbonyl (C=O) groups excluding carboxylic acids is 1. The number of rotatable bonds is 6. The maximum absolute atomic E-state index is 12.4. The molecular weight excluding hydrogens is 408 g/mol. The van der Waals surface area contributed by atoms with Crippen LogP contribution in [0.4, 0.5) is 5.69 Å². The van der Waals surface area contributed by atoms with E-state index >= 15 is 0 Å². The van der Waals surface area contributed by atoms with Crippen molar-refractivity contribution in [1.82, 2.24) is 15.1 Å². The van der Waals surface area contributed by atoms with E-state index in [0.717, 1.165) is 26.2 Å². The van der Waals surface area contributed by atoms with Gasteiger partial charge in [-0.25, -0.2) is 0 Å². The Labute approximate surface area is 169 Å². The molecule has 0 aliphatic carbocycles. The number of hydrogen-bond donors (Lipinski definition) is 1. The first-order valence-electron chi connectivity index (χ1n) is 9.17. The van der Waals surface area contributed by atoms with Crippen molar-refractivity contribution in [3.63, 3.8) is 0 Å². The van der Waals surface area contributed by atoms with E-state index in [4.69, 9.17) is 4.42 Å². The highest BCUT2D eigenvalue weighted by molar-refractivity contribution is 9.10. The standard InChI is InChI=1S/C20H27BrN4O2/c1-23(2)16-6-4-15(5-7-16)17(25-12-10-24(3)11-13-25)14-22-20(26)18-8-9-19(21)27-18/h4-9,17H,10-14H2,1-3H3,(H,22,26). The summed E-state index contributed by atoms with van der Waals surface area (Å²) in [6.07, 6.45) is 0. The van der Waals surface area contributed by atoms with Crippen molar-refractivity contribution in [2.45, 2.75) is 6.04 Å². The number of carbonyl (C=O) groups is 1. The van der Waals surface area contributed by atoms with Crippen LogP contribution in [-0.2, 0) is 0 Å². The molecular formula is C20H27BrN4O2. The van der Waals surface area contributed by atoms with Gasteiger partial charge in [-0.3, -0.25) is 9.69 Å². The molecule has 27 heavy (non-hydrogen) atoms. The Morgan fingerprint density at radius 1 is 1.15 bits per heavy atom. The number of piperazine rings is 1. The molecule has 1 aliphatic rings. The maximum atomic E-state index is 12.4. The van der Waals surface area contributed by atoms with Crippen molar-refractivity contribution < 1.29 is 9.21 Å². The van der Waals surface area contributed by atoms with E-state index < -0.39 is 0 Å². The van der Waals surface area contributed by atoms with Gasteiger partial charge in [0.05, 0.1) is 6.04 Å². The second-order valence-corrected chi connectivity index (χ2v) is 7.94. The van der Waals surface area contributed by atoms with Crippen LogP contribution in [0.1, 0.15) is 22.2 Å². The summed E-state index contributed by atoms with van der Waals surface area (Å²) in [5, 5.41) is 3.04. The predicted molar refractivity (Wildman–Crippen MR) is 111 cm³/mol. The fraction of sp³-hybridized carbons (Fsp3) is 0.450. The molecule has 1 amide bonds. The van der Waals surface area contributed by atoms with Gasteiger partial charge in [0.2, 0.25) is 0 Å². The third kappa shape index (κ3) is 5.12. The Morgan fingerprint density at radius 2 is 1.81 bits per heavy atom. The molecule has 1 N–H and O–H groups in total. The van der Waals surface area contributed by atoms with Crippen molar-refractivity contribution in [2.75, 3.05) is 58.8 Å². The topological polar surface area (TPSA) is 52.0 Å². The normalized spacial score (nSPS) is 16.9. The quantitative estimate of drug-likeness (QED) is 0.757. The van der Waals surface area contributed by atoms with Crippen molar-refractivity contribution in [1.29, 1.82) is 0 Å². The van der Waals surface area contributed by atoms with E-state index in [0.29, 0.717) is 17.0 Å². The SMILES string of the molecule is CN1CCN(C(CNC(=O)c2ccc(Br)o2)c2ccc(N(C)C)cc2)CC1. The summed E-state index contributed by atoms with van der Waals surface area (Å²) in [5.41, 5.74) is 2.38. The van der Waals surface area contributed by atoms with Crippen LogP contribution in [0.2, 0.25) is 0 Å². The number of likely N-dealkylation sites (N-methyl/N-ethyl adjacent to an activating group) is 1. The summed E-state index contributed by atoms with van der Waals surface area (Å²) in [4.78, 5) is 19.3. The Bertz CT molecular complexity index is 752. The molecule has 1 atom stereocenters. The zero-order chi connectivity index (χ0) is 19.4. The third-order valence-electron chi connectivity index (χ3n) is 5.03. The highest BCUT2D eigenvalue weighted by Crippen LogP contribution is 2.24. The molecule has 0 radical (unpaired) electrons. The minimum Gasteiger partial charge on any atom is -0.444 e. The molecule has 6 nitrogen and oxygen atoms in total. The molecule has 146 valence electrons. The van der Waals surface area contributed by atoms with Crippen LogP contribution in [-0.4, -0.2) is 69.6 Å². The van der Waals surface area contributed by atoms with Crippen molar-refractivity contribution in [3.8, 4) is 0 Å². The summed E-state index contributed by atoms with van der Waals surface area (Å²) in [7, 11) is 6.22. The van der Waals surface area contributed by atoms with Gasteiger partial charge >= 0.3 is 0 Å². The Morgan fingerprint density at radius 3 is 2.37 bits per heavy atom. The first kappa shape index (κ1) is 19.9. The first-order chi connectivity index (χ1) is 12.9. The number of benzene rings is 1. The second kappa shape index (κ2) is 8.91. The molecule has 1 saturated heterocycles. The lowest BCUT2D eigenvalue weighted by atomic mass is 10.0. The third-order valence-corrected chi connectivity index (χ3v) is 5.45. The molecule has 0 spiro atoms. The van der Waals surface area contributed by atoms with Crippen LogP contribution >= 0.6 is 15.9 Å². The molecule has 1 unspecified atom stereocenters. The number of amides is 1. The summed E-state index contributed by atoms with van der Waals surface area (Å²) in [5.74, 6) is 0.131. The maximum Gasteiger partial charge on any atom is 0.287 e. The molecule has 0 saturated carbocycles. The number of hydrogen-bond acceptors (Lipinski definition) is 5. The molecule has 1 aromatic carbocycles. The van der Waals surface area contributed by atoms with Gasteiger partial charge in [-0.05, 0) is 52.8 Å². The van der Waals surface area contributed by atoms with Gasteiger partial charge in [0, 0.05) is 52.5 Å². The van der Waals surface area contributed by atoms with E-state index in [1.165, 1.54) is 11.3 Å². The average Bonchev–Trinajstić information content (AvgIpc) is 3.10. The Balaban J connectivity index is 1.74. The lowest BCUT2D eigenvalue weighted by Gasteiger charge is -2.38. The van der Waals surface area contributed by atoms with Gasteiger partial charge < -0.3 is 19.5 Å². The molecule has 2 heterocycles. The van der Waals surface area contributed by atoms with Gasteiger partial charge in [0.1, 0.15) is 0 Å². The molecule has 1 fully saturated rings. The Kier molecular flexibility index (Phi) is 6.57. The Hall–Kier alpha value is -1.83. The fourth-order valence-electron chi connectivity index (χ4n) is 3.30. The first-order valence-corrected chi connectivity index (χ1v) is 9.97.